The standard InChI is InChI=1S/C25H37N9O21P4/c1-3-9-4-12(26)30-20-13(15(9)35)28-7-33(20)23-17(37)16(36)10(51-23)5-49-57(42,43)53-18-11(6-50-58(44,45)55-59(46,47)54-56(39,40)41)52-24(19(18)48-2)34-8-29-14-21(34)31-25(27)32-22(14)38/h7-11,16-19,23-24,36-37H,3-6H2,1-2H3,(H2,26,30)(H,42,43)(H,44,45)(H,46,47)(H2,39,40,41)(H3,27,31,32,38)/t9?,10-,11-,16-,17-,18-,19-,23-,24-/m1/s1. The Balaban J connectivity index is 1.22. The van der Waals surface area contributed by atoms with Crippen molar-refractivity contribution in [2.24, 2.45) is 16.6 Å². The van der Waals surface area contributed by atoms with E-state index in [0.29, 0.717) is 6.42 Å². The topological polar surface area (TPSA) is 447 Å². The van der Waals surface area contributed by atoms with E-state index < -0.39 is 105 Å². The van der Waals surface area contributed by atoms with Crippen LogP contribution in [0.5, 0.6) is 0 Å². The van der Waals surface area contributed by atoms with Gasteiger partial charge in [0.05, 0.1) is 25.9 Å². The lowest BCUT2D eigenvalue weighted by molar-refractivity contribution is -0.0587. The van der Waals surface area contributed by atoms with Crippen molar-refractivity contribution in [3.8, 4) is 0 Å². The van der Waals surface area contributed by atoms with Crippen LogP contribution in [0, 0.1) is 5.92 Å². The van der Waals surface area contributed by atoms with Gasteiger partial charge in [-0.2, -0.15) is 13.6 Å². The van der Waals surface area contributed by atoms with E-state index in [1.807, 2.05) is 0 Å². The van der Waals surface area contributed by atoms with E-state index in [0.717, 1.165) is 28.9 Å². The number of anilines is 1. The predicted molar refractivity (Wildman–Crippen MR) is 190 cm³/mol. The normalized spacial score (nSPS) is 30.7. The van der Waals surface area contributed by atoms with Gasteiger partial charge in [-0.15, -0.1) is 0 Å². The highest BCUT2D eigenvalue weighted by molar-refractivity contribution is 7.66. The molecule has 30 nitrogen and oxygen atoms in total. The van der Waals surface area contributed by atoms with Crippen molar-refractivity contribution in [1.29, 1.82) is 0 Å². The van der Waals surface area contributed by atoms with E-state index >= 15 is 0 Å². The summed E-state index contributed by atoms with van der Waals surface area (Å²) in [5.74, 6) is -1.21. The Kier molecular flexibility index (Phi) is 13.0. The van der Waals surface area contributed by atoms with Gasteiger partial charge >= 0.3 is 31.3 Å². The largest absolute Gasteiger partial charge is 0.490 e. The molecular weight excluding hydrogens is 886 g/mol. The number of aliphatic hydroxyl groups excluding tert-OH is 2. The minimum absolute atomic E-state index is 0.0578. The van der Waals surface area contributed by atoms with Crippen molar-refractivity contribution in [2.75, 3.05) is 26.1 Å². The van der Waals surface area contributed by atoms with E-state index in [1.165, 1.54) is 0 Å². The number of phosphoric acid groups is 4. The van der Waals surface area contributed by atoms with Gasteiger partial charge in [0, 0.05) is 19.4 Å². The van der Waals surface area contributed by atoms with Crippen LogP contribution >= 0.6 is 31.3 Å². The number of fused-ring (bicyclic) bond motifs is 2. The molecule has 0 saturated carbocycles. The zero-order valence-electron chi connectivity index (χ0n) is 30.2. The summed E-state index contributed by atoms with van der Waals surface area (Å²) >= 11 is 0. The molecule has 328 valence electrons. The molecule has 3 aromatic rings. The number of hydrogen-bond acceptors (Lipinski definition) is 22. The molecule has 3 aliphatic heterocycles. The number of imidazole rings is 2. The lowest BCUT2D eigenvalue weighted by Gasteiger charge is -2.26. The molecule has 6 heterocycles. The Labute approximate surface area is 329 Å². The molecule has 59 heavy (non-hydrogen) atoms. The second-order valence-electron chi connectivity index (χ2n) is 12.9. The number of ketones is 1. The molecule has 2 saturated heterocycles. The number of phosphoric ester groups is 2. The number of aromatic nitrogens is 6. The van der Waals surface area contributed by atoms with E-state index in [-0.39, 0.29) is 46.7 Å². The maximum Gasteiger partial charge on any atom is 0.490 e. The molecule has 12 N–H and O–H groups in total. The number of rotatable bonds is 16. The number of amidine groups is 1. The summed E-state index contributed by atoms with van der Waals surface area (Å²) < 4.78 is 90.9. The smallest absolute Gasteiger partial charge is 0.387 e. The molecule has 34 heteroatoms. The van der Waals surface area contributed by atoms with Crippen molar-refractivity contribution in [3.63, 3.8) is 0 Å². The van der Waals surface area contributed by atoms with Gasteiger partial charge in [0.25, 0.3) is 5.56 Å². The molecule has 0 aromatic carbocycles. The number of aromatic amines is 1. The van der Waals surface area contributed by atoms with E-state index in [1.54, 1.807) is 6.92 Å². The minimum atomic E-state index is -5.97. The first-order chi connectivity index (χ1) is 27.4. The van der Waals surface area contributed by atoms with Crippen LogP contribution in [0.2, 0.25) is 0 Å². The number of nitrogen functional groups attached to an aromatic ring is 1. The summed E-state index contributed by atoms with van der Waals surface area (Å²) in [5.41, 5.74) is 10.4. The third-order valence-electron chi connectivity index (χ3n) is 8.94. The van der Waals surface area contributed by atoms with E-state index in [9.17, 15) is 52.7 Å². The fraction of sp³-hybridized carbons (Fsp3) is 0.600. The van der Waals surface area contributed by atoms with Gasteiger partial charge in [-0.1, -0.05) is 6.92 Å². The lowest BCUT2D eigenvalue weighted by Crippen LogP contribution is -2.38. The van der Waals surface area contributed by atoms with Crippen molar-refractivity contribution >= 4 is 65.8 Å². The minimum Gasteiger partial charge on any atom is -0.387 e. The second kappa shape index (κ2) is 16.9. The third-order valence-corrected chi connectivity index (χ3v) is 13.7. The highest BCUT2D eigenvalue weighted by Crippen LogP contribution is 2.66. The number of methoxy groups -OCH3 is 1. The Morgan fingerprint density at radius 1 is 0.864 bits per heavy atom. The summed E-state index contributed by atoms with van der Waals surface area (Å²) in [5, 5.41) is 21.8. The molecule has 0 spiro atoms. The summed E-state index contributed by atoms with van der Waals surface area (Å²) in [6, 6.07) is 0. The third kappa shape index (κ3) is 9.98. The van der Waals surface area contributed by atoms with Crippen molar-refractivity contribution in [3.05, 3.63) is 28.7 Å². The highest BCUT2D eigenvalue weighted by Gasteiger charge is 2.53. The number of aliphatic imine (C=N–C) groups is 1. The molecule has 0 bridgehead atoms. The summed E-state index contributed by atoms with van der Waals surface area (Å²) in [4.78, 5) is 92.2. The van der Waals surface area contributed by atoms with Crippen LogP contribution in [0.15, 0.2) is 22.4 Å². The number of nitrogens with one attached hydrogen (secondary N) is 1. The van der Waals surface area contributed by atoms with Crippen LogP contribution in [0.4, 0.5) is 11.8 Å². The molecular formula is C25H37N9O21P4. The number of carbonyl (C=O) groups excluding carboxylic acids is 1. The maximum absolute atomic E-state index is 13.5. The first-order valence-electron chi connectivity index (χ1n) is 16.7. The fourth-order valence-corrected chi connectivity index (χ4v) is 10.4. The first kappa shape index (κ1) is 45.3. The lowest BCUT2D eigenvalue weighted by atomic mass is 9.95. The van der Waals surface area contributed by atoms with Gasteiger partial charge in [0.1, 0.15) is 42.5 Å². The van der Waals surface area contributed by atoms with Crippen molar-refractivity contribution < 1.29 is 94.1 Å². The number of nitrogens with zero attached hydrogens (tertiary/aromatic N) is 6. The second-order valence-corrected chi connectivity index (χ2v) is 18.7. The Morgan fingerprint density at radius 3 is 2.17 bits per heavy atom. The molecule has 4 unspecified atom stereocenters. The number of hydrogen-bond donors (Lipinski definition) is 10. The number of aliphatic hydroxyl groups is 2. The van der Waals surface area contributed by atoms with Crippen molar-refractivity contribution in [1.82, 2.24) is 29.1 Å². The maximum atomic E-state index is 13.5. The number of carbonyl (C=O) groups is 1. The molecule has 0 radical (unpaired) electrons. The van der Waals surface area contributed by atoms with E-state index in [4.69, 9.17) is 44.5 Å². The molecule has 6 rings (SSSR count). The van der Waals surface area contributed by atoms with Crippen LogP contribution in [0.25, 0.3) is 11.2 Å². The van der Waals surface area contributed by atoms with Crippen LogP contribution in [0.3, 0.4) is 0 Å². The molecule has 0 aliphatic carbocycles. The SMILES string of the molecule is CCC1CC(N)=Nc2c(ncn2[C@@H]2O[C@H](COP(=O)(O)O[C@H]3[C@@H](OC)[C@H](n4cnc5c(=O)[nH]c(N)nc54)O[C@@H]3COP(=O)(O)OP(=O)(O)OP(=O)(O)O)[C@@H](O)[C@H]2O)C1=O. The molecule has 3 aliphatic rings. The number of H-pyrrole nitrogens is 1. The predicted octanol–water partition coefficient (Wildman–Crippen LogP) is -1.42. The van der Waals surface area contributed by atoms with Gasteiger partial charge in [-0.05, 0) is 6.42 Å². The van der Waals surface area contributed by atoms with Crippen LogP contribution in [-0.4, -0.2) is 132 Å². The highest BCUT2D eigenvalue weighted by atomic mass is 31.3. The summed E-state index contributed by atoms with van der Waals surface area (Å²) in [6.07, 6.45) is -10.6. The first-order valence-corrected chi connectivity index (χ1v) is 22.7. The molecule has 3 aromatic heterocycles. The molecule has 2 fully saturated rings. The van der Waals surface area contributed by atoms with Crippen LogP contribution in [-0.2, 0) is 54.7 Å². The zero-order valence-corrected chi connectivity index (χ0v) is 33.7. The number of nitrogens with two attached hydrogens (primary N) is 2. The average Bonchev–Trinajstić information content (AvgIpc) is 3.85. The zero-order chi connectivity index (χ0) is 43.4. The molecule has 0 amide bonds. The van der Waals surface area contributed by atoms with E-state index in [2.05, 4.69) is 38.1 Å². The van der Waals surface area contributed by atoms with Crippen molar-refractivity contribution in [2.45, 2.75) is 68.8 Å². The Bertz CT molecular complexity index is 2370. The number of ether oxygens (including phenoxy) is 3. The summed E-state index contributed by atoms with van der Waals surface area (Å²) in [6.45, 7) is -0.417. The fourth-order valence-electron chi connectivity index (χ4n) is 6.37. The van der Waals surface area contributed by atoms with Gasteiger partial charge in [-0.25, -0.2) is 33.2 Å². The Morgan fingerprint density at radius 2 is 1.51 bits per heavy atom. The van der Waals surface area contributed by atoms with Crippen LogP contribution < -0.4 is 17.0 Å². The van der Waals surface area contributed by atoms with Gasteiger partial charge in [-0.3, -0.25) is 37.3 Å². The molecule has 12 atom stereocenters. The quantitative estimate of drug-likeness (QED) is 0.0737. The average molecular weight is 924 g/mol. The Hall–Kier alpha value is -3.18. The van der Waals surface area contributed by atoms with Gasteiger partial charge in [0.15, 0.2) is 40.9 Å². The van der Waals surface area contributed by atoms with Gasteiger partial charge in [0.2, 0.25) is 5.95 Å². The monoisotopic (exact) mass is 923 g/mol. The summed E-state index contributed by atoms with van der Waals surface area (Å²) in [7, 11) is -21.9. The van der Waals surface area contributed by atoms with Gasteiger partial charge < -0.3 is 60.4 Å². The number of Topliss-reactive ketones (excluding diaryl/α,β-unsaturated/α-hetero) is 1. The van der Waals surface area contributed by atoms with Crippen LogP contribution in [0.1, 0.15) is 42.7 Å².